The molecule has 6 rings (SSSR count). The van der Waals surface area contributed by atoms with Crippen molar-refractivity contribution in [3.05, 3.63) is 65.4 Å². The molecule has 0 spiro atoms. The molecule has 4 heterocycles. The van der Waals surface area contributed by atoms with E-state index in [4.69, 9.17) is 5.73 Å². The standard InChI is InChI=1S/C26H28N6O/c1-16-11-31(23-7-4-17(10-27)26-21(23)3-2-8-29-26)14-24-20-6-5-19(9-18(20)12-32(16)24)30-13-22(28)25(33)15-30/h2-9,16,22,24-25,33H,11-15,28H2,1H3/t16-,22?,24-,25?/m1/s1. The second-order valence-electron chi connectivity index (χ2n) is 9.61. The maximum absolute atomic E-state index is 10.1. The summed E-state index contributed by atoms with van der Waals surface area (Å²) >= 11 is 0. The molecule has 3 N–H and O–H groups in total. The zero-order valence-electron chi connectivity index (χ0n) is 18.7. The first-order valence-corrected chi connectivity index (χ1v) is 11.6. The van der Waals surface area contributed by atoms with Gasteiger partial charge in [-0.3, -0.25) is 9.88 Å². The van der Waals surface area contributed by atoms with Gasteiger partial charge in [0.05, 0.1) is 23.2 Å². The highest BCUT2D eigenvalue weighted by molar-refractivity contribution is 5.95. The molecule has 2 aromatic carbocycles. The lowest BCUT2D eigenvalue weighted by Crippen LogP contribution is -2.51. The van der Waals surface area contributed by atoms with Crippen molar-refractivity contribution in [1.82, 2.24) is 9.88 Å². The Morgan fingerprint density at radius 1 is 1.09 bits per heavy atom. The van der Waals surface area contributed by atoms with Crippen LogP contribution in [0.3, 0.4) is 0 Å². The fraction of sp³-hybridized carbons (Fsp3) is 0.385. The van der Waals surface area contributed by atoms with E-state index in [2.05, 4.69) is 63.0 Å². The average molecular weight is 441 g/mol. The molecule has 3 aliphatic rings. The van der Waals surface area contributed by atoms with E-state index in [0.717, 1.165) is 41.9 Å². The predicted molar refractivity (Wildman–Crippen MR) is 129 cm³/mol. The molecular formula is C26H28N6O. The van der Waals surface area contributed by atoms with Gasteiger partial charge in [-0.05, 0) is 54.4 Å². The number of aliphatic hydroxyl groups excluding tert-OH is 1. The minimum absolute atomic E-state index is 0.185. The molecule has 7 heteroatoms. The maximum Gasteiger partial charge on any atom is 0.101 e. The van der Waals surface area contributed by atoms with Gasteiger partial charge in [0.15, 0.2) is 0 Å². The van der Waals surface area contributed by atoms with E-state index in [1.807, 2.05) is 12.1 Å². The fourth-order valence-electron chi connectivity index (χ4n) is 5.85. The Kier molecular flexibility index (Phi) is 4.77. The number of fused-ring (bicyclic) bond motifs is 4. The van der Waals surface area contributed by atoms with Gasteiger partial charge in [-0.2, -0.15) is 5.26 Å². The van der Waals surface area contributed by atoms with Gasteiger partial charge in [-0.25, -0.2) is 0 Å². The van der Waals surface area contributed by atoms with Crippen LogP contribution in [0.25, 0.3) is 10.9 Å². The predicted octanol–water partition coefficient (Wildman–Crippen LogP) is 2.38. The Bertz CT molecular complexity index is 1260. The smallest absolute Gasteiger partial charge is 0.101 e. The second kappa shape index (κ2) is 7.70. The third-order valence-electron chi connectivity index (χ3n) is 7.59. The van der Waals surface area contributed by atoms with Gasteiger partial charge in [0, 0.05) is 67.8 Å². The summed E-state index contributed by atoms with van der Waals surface area (Å²) < 4.78 is 0. The number of hydrogen-bond acceptors (Lipinski definition) is 7. The topological polar surface area (TPSA) is 92.7 Å². The molecular weight excluding hydrogens is 412 g/mol. The highest BCUT2D eigenvalue weighted by Crippen LogP contribution is 2.42. The largest absolute Gasteiger partial charge is 0.390 e. The van der Waals surface area contributed by atoms with Gasteiger partial charge in [0.2, 0.25) is 0 Å². The van der Waals surface area contributed by atoms with Crippen LogP contribution < -0.4 is 15.5 Å². The highest BCUT2D eigenvalue weighted by atomic mass is 16.3. The number of nitriles is 1. The van der Waals surface area contributed by atoms with Crippen molar-refractivity contribution in [2.75, 3.05) is 36.0 Å². The molecule has 0 radical (unpaired) electrons. The van der Waals surface area contributed by atoms with E-state index in [1.165, 1.54) is 11.1 Å². The molecule has 1 aromatic heterocycles. The van der Waals surface area contributed by atoms with Gasteiger partial charge in [-0.1, -0.05) is 6.07 Å². The molecule has 7 nitrogen and oxygen atoms in total. The molecule has 4 atom stereocenters. The monoisotopic (exact) mass is 440 g/mol. The van der Waals surface area contributed by atoms with E-state index in [1.54, 1.807) is 6.20 Å². The van der Waals surface area contributed by atoms with Crippen LogP contribution in [0, 0.1) is 11.3 Å². The molecule has 2 fully saturated rings. The lowest BCUT2D eigenvalue weighted by Gasteiger charge is -2.43. The van der Waals surface area contributed by atoms with E-state index in [0.29, 0.717) is 30.7 Å². The number of hydrogen-bond donors (Lipinski definition) is 2. The quantitative estimate of drug-likeness (QED) is 0.632. The first-order valence-electron chi connectivity index (χ1n) is 11.6. The van der Waals surface area contributed by atoms with Crippen LogP contribution in [-0.2, 0) is 6.54 Å². The van der Waals surface area contributed by atoms with Gasteiger partial charge in [0.1, 0.15) is 6.07 Å². The molecule has 2 saturated heterocycles. The van der Waals surface area contributed by atoms with E-state index < -0.39 is 6.10 Å². The Balaban J connectivity index is 1.32. The van der Waals surface area contributed by atoms with Crippen molar-refractivity contribution in [1.29, 1.82) is 5.26 Å². The van der Waals surface area contributed by atoms with Crippen molar-refractivity contribution in [3.8, 4) is 6.07 Å². The van der Waals surface area contributed by atoms with Crippen molar-refractivity contribution in [2.24, 2.45) is 5.73 Å². The highest BCUT2D eigenvalue weighted by Gasteiger charge is 2.39. The minimum Gasteiger partial charge on any atom is -0.390 e. The Hall–Kier alpha value is -3.18. The number of aliphatic hydroxyl groups is 1. The zero-order valence-corrected chi connectivity index (χ0v) is 18.7. The van der Waals surface area contributed by atoms with Crippen LogP contribution >= 0.6 is 0 Å². The molecule has 0 bridgehead atoms. The summed E-state index contributed by atoms with van der Waals surface area (Å²) in [4.78, 5) is 11.7. The van der Waals surface area contributed by atoms with Crippen LogP contribution in [0.1, 0.15) is 29.7 Å². The number of aromatic nitrogens is 1. The second-order valence-corrected chi connectivity index (χ2v) is 9.61. The maximum atomic E-state index is 10.1. The van der Waals surface area contributed by atoms with Crippen LogP contribution in [0.4, 0.5) is 11.4 Å². The van der Waals surface area contributed by atoms with Crippen LogP contribution in [0.5, 0.6) is 0 Å². The van der Waals surface area contributed by atoms with Gasteiger partial charge >= 0.3 is 0 Å². The van der Waals surface area contributed by atoms with Gasteiger partial charge in [-0.15, -0.1) is 0 Å². The summed E-state index contributed by atoms with van der Waals surface area (Å²) in [5.74, 6) is 0. The lowest BCUT2D eigenvalue weighted by atomic mass is 9.99. The SMILES string of the molecule is C[C@@H]1CN(c2ccc(C#N)c3ncccc23)C[C@@H]2c3ccc(N4CC(N)C(O)C4)cc3CN12. The Morgan fingerprint density at radius 3 is 2.76 bits per heavy atom. The summed E-state index contributed by atoms with van der Waals surface area (Å²) in [5, 5.41) is 20.6. The number of benzene rings is 2. The molecule has 2 unspecified atom stereocenters. The number of piperazine rings is 1. The molecule has 168 valence electrons. The Morgan fingerprint density at radius 2 is 1.97 bits per heavy atom. The van der Waals surface area contributed by atoms with Gasteiger partial charge in [0.25, 0.3) is 0 Å². The summed E-state index contributed by atoms with van der Waals surface area (Å²) in [7, 11) is 0. The first-order chi connectivity index (χ1) is 16.0. The van der Waals surface area contributed by atoms with Crippen molar-refractivity contribution in [3.63, 3.8) is 0 Å². The fourth-order valence-corrected chi connectivity index (χ4v) is 5.85. The molecule has 33 heavy (non-hydrogen) atoms. The number of pyridine rings is 1. The van der Waals surface area contributed by atoms with Crippen LogP contribution in [0.15, 0.2) is 48.7 Å². The molecule has 3 aromatic rings. The van der Waals surface area contributed by atoms with E-state index in [-0.39, 0.29) is 6.04 Å². The minimum atomic E-state index is -0.463. The van der Waals surface area contributed by atoms with Gasteiger partial charge < -0.3 is 20.6 Å². The van der Waals surface area contributed by atoms with Crippen molar-refractivity contribution >= 4 is 22.3 Å². The van der Waals surface area contributed by atoms with Crippen molar-refractivity contribution < 1.29 is 5.11 Å². The van der Waals surface area contributed by atoms with Crippen LogP contribution in [0.2, 0.25) is 0 Å². The zero-order chi connectivity index (χ0) is 22.7. The number of nitrogens with zero attached hydrogens (tertiary/aromatic N) is 5. The average Bonchev–Trinajstić information content (AvgIpc) is 3.37. The molecule has 0 saturated carbocycles. The number of nitrogens with two attached hydrogens (primary N) is 1. The normalized spacial score (nSPS) is 27.0. The number of rotatable bonds is 2. The third-order valence-corrected chi connectivity index (χ3v) is 7.59. The number of anilines is 2. The number of β-amino-alcohol motifs (C(OH)–C–C–N with tert-alkyl or cyclic N) is 1. The summed E-state index contributed by atoms with van der Waals surface area (Å²) in [6, 6.07) is 17.5. The van der Waals surface area contributed by atoms with E-state index in [9.17, 15) is 10.4 Å². The first kappa shape index (κ1) is 20.4. The lowest BCUT2D eigenvalue weighted by molar-refractivity contribution is 0.134. The van der Waals surface area contributed by atoms with Crippen LogP contribution in [-0.4, -0.2) is 59.4 Å². The van der Waals surface area contributed by atoms with E-state index >= 15 is 0 Å². The van der Waals surface area contributed by atoms with Crippen molar-refractivity contribution in [2.45, 2.75) is 37.7 Å². The molecule has 0 amide bonds. The summed E-state index contributed by atoms with van der Waals surface area (Å²) in [6.07, 6.45) is 1.29. The third kappa shape index (κ3) is 3.25. The molecule has 0 aliphatic carbocycles. The summed E-state index contributed by atoms with van der Waals surface area (Å²) in [5.41, 5.74) is 12.5. The summed E-state index contributed by atoms with van der Waals surface area (Å²) in [6.45, 7) is 6.36. The Labute approximate surface area is 193 Å². The molecule has 3 aliphatic heterocycles.